The monoisotopic (exact) mass is 158 g/mol. The van der Waals surface area contributed by atoms with Crippen LogP contribution in [0.1, 0.15) is 26.2 Å². The van der Waals surface area contributed by atoms with Gasteiger partial charge in [-0.15, -0.1) is 11.8 Å². The molecule has 62 valence electrons. The molecule has 0 amide bonds. The van der Waals surface area contributed by atoms with Gasteiger partial charge in [0, 0.05) is 11.8 Å². The first-order valence-corrected chi connectivity index (χ1v) is 3.94. The molecule has 0 saturated heterocycles. The van der Waals surface area contributed by atoms with Gasteiger partial charge in [0.25, 0.3) is 0 Å². The molecule has 1 fully saturated rings. The van der Waals surface area contributed by atoms with E-state index in [-0.39, 0.29) is 11.8 Å². The van der Waals surface area contributed by atoms with Crippen molar-refractivity contribution in [1.82, 2.24) is 0 Å². The molecule has 0 bridgehead atoms. The van der Waals surface area contributed by atoms with Crippen LogP contribution in [0.15, 0.2) is 0 Å². The third-order valence-electron chi connectivity index (χ3n) is 2.18. The Balaban J connectivity index is 2.38. The normalized spacial score (nSPS) is 30.2. The summed E-state index contributed by atoms with van der Waals surface area (Å²) >= 11 is 0. The second-order valence-electron chi connectivity index (χ2n) is 3.00. The summed E-state index contributed by atoms with van der Waals surface area (Å²) in [5.74, 6) is 5.57. The maximum atomic E-state index is 12.1. The zero-order valence-electron chi connectivity index (χ0n) is 6.61. The van der Waals surface area contributed by atoms with E-state index in [2.05, 4.69) is 11.8 Å². The molecule has 11 heavy (non-hydrogen) atoms. The van der Waals surface area contributed by atoms with E-state index in [9.17, 15) is 8.78 Å². The van der Waals surface area contributed by atoms with Crippen LogP contribution >= 0.6 is 0 Å². The predicted molar refractivity (Wildman–Crippen MR) is 40.3 cm³/mol. The lowest BCUT2D eigenvalue weighted by atomic mass is 10.1. The van der Waals surface area contributed by atoms with E-state index in [1.807, 2.05) is 0 Å². The van der Waals surface area contributed by atoms with Crippen LogP contribution in [0.25, 0.3) is 0 Å². The van der Waals surface area contributed by atoms with E-state index in [0.29, 0.717) is 12.8 Å². The highest BCUT2D eigenvalue weighted by Gasteiger charge is 2.29. The van der Waals surface area contributed by atoms with Crippen LogP contribution in [0.4, 0.5) is 8.78 Å². The summed E-state index contributed by atoms with van der Waals surface area (Å²) in [7, 11) is 0. The molecule has 0 aromatic heterocycles. The van der Waals surface area contributed by atoms with Gasteiger partial charge in [-0.3, -0.25) is 0 Å². The fourth-order valence-corrected chi connectivity index (χ4v) is 1.58. The van der Waals surface area contributed by atoms with Crippen LogP contribution in [0.5, 0.6) is 0 Å². The molecule has 1 aliphatic rings. The van der Waals surface area contributed by atoms with Crippen molar-refractivity contribution in [2.24, 2.45) is 11.8 Å². The van der Waals surface area contributed by atoms with Crippen LogP contribution in [0, 0.1) is 23.7 Å². The molecular formula is C9H12F2. The van der Waals surface area contributed by atoms with Gasteiger partial charge in [-0.05, 0) is 26.2 Å². The predicted octanol–water partition coefficient (Wildman–Crippen LogP) is 2.69. The van der Waals surface area contributed by atoms with Crippen molar-refractivity contribution >= 4 is 0 Å². The minimum Gasteiger partial charge on any atom is -0.210 e. The van der Waals surface area contributed by atoms with E-state index in [1.54, 1.807) is 6.92 Å². The maximum absolute atomic E-state index is 12.1. The fraction of sp³-hybridized carbons (Fsp3) is 0.778. The van der Waals surface area contributed by atoms with Crippen LogP contribution in [-0.2, 0) is 0 Å². The summed E-state index contributed by atoms with van der Waals surface area (Å²) in [6, 6.07) is 0. The number of alkyl halides is 2. The number of halogens is 2. The molecule has 2 unspecified atom stereocenters. The first kappa shape index (κ1) is 8.52. The van der Waals surface area contributed by atoms with Gasteiger partial charge in [-0.25, -0.2) is 8.78 Å². The molecule has 1 saturated carbocycles. The van der Waals surface area contributed by atoms with Crippen molar-refractivity contribution in [3.8, 4) is 11.8 Å². The van der Waals surface area contributed by atoms with Crippen molar-refractivity contribution in [2.45, 2.75) is 32.6 Å². The van der Waals surface area contributed by atoms with Gasteiger partial charge in [0.15, 0.2) is 0 Å². The highest BCUT2D eigenvalue weighted by Crippen LogP contribution is 2.34. The standard InChI is InChI=1S/C9H12F2/c1-2-3-7-4-5-8(6-7)9(10)11/h7-9H,4-6H2,1H3. The Morgan fingerprint density at radius 3 is 2.55 bits per heavy atom. The molecule has 0 aromatic rings. The van der Waals surface area contributed by atoms with E-state index >= 15 is 0 Å². The van der Waals surface area contributed by atoms with Crippen molar-refractivity contribution in [1.29, 1.82) is 0 Å². The summed E-state index contributed by atoms with van der Waals surface area (Å²) in [6.07, 6.45) is -0.0376. The summed E-state index contributed by atoms with van der Waals surface area (Å²) in [4.78, 5) is 0. The van der Waals surface area contributed by atoms with Crippen molar-refractivity contribution in [3.63, 3.8) is 0 Å². The van der Waals surface area contributed by atoms with E-state index in [1.165, 1.54) is 0 Å². The second kappa shape index (κ2) is 3.71. The van der Waals surface area contributed by atoms with Gasteiger partial charge in [0.2, 0.25) is 6.43 Å². The average molecular weight is 158 g/mol. The molecule has 0 radical (unpaired) electrons. The van der Waals surface area contributed by atoms with Gasteiger partial charge in [0.05, 0.1) is 0 Å². The molecule has 2 atom stereocenters. The zero-order valence-corrected chi connectivity index (χ0v) is 6.61. The molecule has 0 spiro atoms. The Hall–Kier alpha value is -0.580. The summed E-state index contributed by atoms with van der Waals surface area (Å²) in [5, 5.41) is 0. The lowest BCUT2D eigenvalue weighted by molar-refractivity contribution is 0.0796. The lowest BCUT2D eigenvalue weighted by Crippen LogP contribution is -2.06. The van der Waals surface area contributed by atoms with Crippen LogP contribution in [0.2, 0.25) is 0 Å². The average Bonchev–Trinajstić information content (AvgIpc) is 2.37. The highest BCUT2D eigenvalue weighted by molar-refractivity contribution is 5.03. The third kappa shape index (κ3) is 2.18. The van der Waals surface area contributed by atoms with Crippen molar-refractivity contribution < 1.29 is 8.78 Å². The molecule has 0 aromatic carbocycles. The Morgan fingerprint density at radius 1 is 1.36 bits per heavy atom. The second-order valence-corrected chi connectivity index (χ2v) is 3.00. The topological polar surface area (TPSA) is 0 Å². The van der Waals surface area contributed by atoms with E-state index in [4.69, 9.17) is 0 Å². The molecular weight excluding hydrogens is 146 g/mol. The Labute approximate surface area is 66.0 Å². The van der Waals surface area contributed by atoms with Crippen LogP contribution in [0.3, 0.4) is 0 Å². The summed E-state index contributed by atoms with van der Waals surface area (Å²) in [5.41, 5.74) is 0. The van der Waals surface area contributed by atoms with Gasteiger partial charge >= 0.3 is 0 Å². The molecule has 1 rings (SSSR count). The largest absolute Gasteiger partial charge is 0.241 e. The van der Waals surface area contributed by atoms with Gasteiger partial charge < -0.3 is 0 Å². The van der Waals surface area contributed by atoms with E-state index < -0.39 is 6.43 Å². The van der Waals surface area contributed by atoms with Crippen molar-refractivity contribution in [2.75, 3.05) is 0 Å². The Bertz CT molecular complexity index is 176. The molecule has 0 nitrogen and oxygen atoms in total. The first-order chi connectivity index (χ1) is 5.24. The quantitative estimate of drug-likeness (QED) is 0.515. The SMILES string of the molecule is CC#CC1CCC(C(F)F)C1. The highest BCUT2D eigenvalue weighted by atomic mass is 19.3. The zero-order chi connectivity index (χ0) is 8.27. The first-order valence-electron chi connectivity index (χ1n) is 3.94. The van der Waals surface area contributed by atoms with Crippen molar-refractivity contribution in [3.05, 3.63) is 0 Å². The lowest BCUT2D eigenvalue weighted by Gasteiger charge is -2.05. The fourth-order valence-electron chi connectivity index (χ4n) is 1.58. The summed E-state index contributed by atoms with van der Waals surface area (Å²) < 4.78 is 24.2. The van der Waals surface area contributed by atoms with E-state index in [0.717, 1.165) is 6.42 Å². The summed E-state index contributed by atoms with van der Waals surface area (Å²) in [6.45, 7) is 1.76. The third-order valence-corrected chi connectivity index (χ3v) is 2.18. The number of hydrogen-bond acceptors (Lipinski definition) is 0. The van der Waals surface area contributed by atoms with Crippen LogP contribution < -0.4 is 0 Å². The Morgan fingerprint density at radius 2 is 2.09 bits per heavy atom. The van der Waals surface area contributed by atoms with Gasteiger partial charge in [-0.1, -0.05) is 0 Å². The molecule has 0 heterocycles. The number of rotatable bonds is 1. The number of hydrogen-bond donors (Lipinski definition) is 0. The minimum atomic E-state index is -2.14. The molecule has 0 N–H and O–H groups in total. The Kier molecular flexibility index (Phi) is 2.87. The van der Waals surface area contributed by atoms with Gasteiger partial charge in [0.1, 0.15) is 0 Å². The smallest absolute Gasteiger partial charge is 0.210 e. The maximum Gasteiger partial charge on any atom is 0.241 e. The minimum absolute atomic E-state index is 0.235. The molecule has 0 aliphatic heterocycles. The van der Waals surface area contributed by atoms with Gasteiger partial charge in [-0.2, -0.15) is 0 Å². The van der Waals surface area contributed by atoms with Crippen LogP contribution in [-0.4, -0.2) is 6.43 Å². The molecule has 1 aliphatic carbocycles. The molecule has 2 heteroatoms.